The first-order chi connectivity index (χ1) is 13.7. The lowest BCUT2D eigenvalue weighted by atomic mass is 9.93. The zero-order valence-electron chi connectivity index (χ0n) is 17.4. The molecule has 154 valence electrons. The Balaban J connectivity index is 1.22. The topological polar surface area (TPSA) is 48.5 Å². The molecular formula is C23H36N4O. The number of carbonyl (C=O) groups is 1. The van der Waals surface area contributed by atoms with Gasteiger partial charge in [-0.1, -0.05) is 13.0 Å². The molecule has 2 aliphatic heterocycles. The fourth-order valence-electron chi connectivity index (χ4n) is 5.00. The Labute approximate surface area is 169 Å². The molecule has 0 spiro atoms. The van der Waals surface area contributed by atoms with E-state index in [4.69, 9.17) is 0 Å². The van der Waals surface area contributed by atoms with Crippen LogP contribution in [0.15, 0.2) is 24.5 Å². The molecule has 1 aromatic rings. The highest BCUT2D eigenvalue weighted by molar-refractivity contribution is 5.79. The van der Waals surface area contributed by atoms with Crippen LogP contribution in [0, 0.1) is 11.3 Å². The number of rotatable bonds is 7. The average molecular weight is 385 g/mol. The Hall–Kier alpha value is -1.46. The molecule has 3 heterocycles. The standard InChI is InChI=1S/C23H36N4O/c1-2-23(9-10-23)18-25-22(28)20-6-4-12-27(17-20)21-7-13-26(14-8-21)16-19-5-3-11-24-15-19/h3,5,11,15,20-21H,2,4,6-10,12-14,16-18H2,1H3,(H,25,28)/t20-/m0/s1. The Morgan fingerprint density at radius 3 is 2.75 bits per heavy atom. The lowest BCUT2D eigenvalue weighted by molar-refractivity contribution is -0.127. The summed E-state index contributed by atoms with van der Waals surface area (Å²) in [7, 11) is 0. The molecule has 1 aliphatic carbocycles. The van der Waals surface area contributed by atoms with Crippen molar-refractivity contribution in [1.29, 1.82) is 0 Å². The summed E-state index contributed by atoms with van der Waals surface area (Å²) in [6.07, 6.45) is 12.2. The summed E-state index contributed by atoms with van der Waals surface area (Å²) in [5, 5.41) is 3.28. The molecule has 3 aliphatic rings. The van der Waals surface area contributed by atoms with E-state index in [1.54, 1.807) is 0 Å². The van der Waals surface area contributed by atoms with Crippen LogP contribution in [0.2, 0.25) is 0 Å². The van der Waals surface area contributed by atoms with Crippen molar-refractivity contribution < 1.29 is 4.79 Å². The van der Waals surface area contributed by atoms with Crippen molar-refractivity contribution in [3.05, 3.63) is 30.1 Å². The highest BCUT2D eigenvalue weighted by Crippen LogP contribution is 2.47. The van der Waals surface area contributed by atoms with Gasteiger partial charge in [-0.05, 0) is 81.6 Å². The third-order valence-electron chi connectivity index (χ3n) is 7.37. The summed E-state index contributed by atoms with van der Waals surface area (Å²) in [4.78, 5) is 22.1. The Morgan fingerprint density at radius 2 is 2.07 bits per heavy atom. The zero-order valence-corrected chi connectivity index (χ0v) is 17.4. The maximum atomic E-state index is 12.7. The number of carbonyl (C=O) groups excluding carboxylic acids is 1. The number of nitrogens with one attached hydrogen (secondary N) is 1. The molecule has 1 N–H and O–H groups in total. The van der Waals surface area contributed by atoms with Gasteiger partial charge in [0.2, 0.25) is 5.91 Å². The van der Waals surface area contributed by atoms with Crippen LogP contribution in [0.25, 0.3) is 0 Å². The summed E-state index contributed by atoms with van der Waals surface area (Å²) >= 11 is 0. The molecule has 5 heteroatoms. The smallest absolute Gasteiger partial charge is 0.224 e. The van der Waals surface area contributed by atoms with Crippen molar-refractivity contribution >= 4 is 5.91 Å². The fourth-order valence-corrected chi connectivity index (χ4v) is 5.00. The molecule has 3 fully saturated rings. The third kappa shape index (κ3) is 4.93. The average Bonchev–Trinajstić information content (AvgIpc) is 3.54. The van der Waals surface area contributed by atoms with Crippen LogP contribution in [-0.4, -0.2) is 59.5 Å². The van der Waals surface area contributed by atoms with Crippen molar-refractivity contribution in [2.24, 2.45) is 11.3 Å². The highest BCUT2D eigenvalue weighted by Gasteiger charge is 2.41. The van der Waals surface area contributed by atoms with E-state index < -0.39 is 0 Å². The van der Waals surface area contributed by atoms with Gasteiger partial charge in [0.15, 0.2) is 0 Å². The highest BCUT2D eigenvalue weighted by atomic mass is 16.1. The van der Waals surface area contributed by atoms with E-state index in [1.165, 1.54) is 37.7 Å². The minimum Gasteiger partial charge on any atom is -0.355 e. The number of piperidine rings is 2. The van der Waals surface area contributed by atoms with Crippen LogP contribution in [0.3, 0.4) is 0 Å². The fraction of sp³-hybridized carbons (Fsp3) is 0.739. The third-order valence-corrected chi connectivity index (χ3v) is 7.37. The summed E-state index contributed by atoms with van der Waals surface area (Å²) in [5.41, 5.74) is 1.74. The zero-order chi connectivity index (χ0) is 19.4. The maximum absolute atomic E-state index is 12.7. The van der Waals surface area contributed by atoms with E-state index in [0.717, 1.165) is 52.1 Å². The van der Waals surface area contributed by atoms with Gasteiger partial charge in [-0.2, -0.15) is 0 Å². The predicted molar refractivity (Wildman–Crippen MR) is 112 cm³/mol. The minimum absolute atomic E-state index is 0.190. The molecule has 1 atom stereocenters. The second-order valence-electron chi connectivity index (χ2n) is 9.27. The SMILES string of the molecule is CCC1(CNC(=O)[C@H]2CCCN(C3CCN(Cc4cccnc4)CC3)C2)CC1. The summed E-state index contributed by atoms with van der Waals surface area (Å²) < 4.78 is 0. The number of amides is 1. The number of hydrogen-bond acceptors (Lipinski definition) is 4. The van der Waals surface area contributed by atoms with Gasteiger partial charge < -0.3 is 5.32 Å². The largest absolute Gasteiger partial charge is 0.355 e. The predicted octanol–water partition coefficient (Wildman–Crippen LogP) is 3.06. The van der Waals surface area contributed by atoms with Gasteiger partial charge in [-0.3, -0.25) is 19.6 Å². The molecule has 0 unspecified atom stereocenters. The van der Waals surface area contributed by atoms with E-state index in [0.29, 0.717) is 17.4 Å². The molecule has 1 amide bonds. The summed E-state index contributed by atoms with van der Waals surface area (Å²) in [6.45, 7) is 8.56. The van der Waals surface area contributed by atoms with Gasteiger partial charge in [-0.25, -0.2) is 0 Å². The van der Waals surface area contributed by atoms with Crippen molar-refractivity contribution in [1.82, 2.24) is 20.1 Å². The maximum Gasteiger partial charge on any atom is 0.224 e. The first kappa shape index (κ1) is 19.8. The Bertz CT molecular complexity index is 637. The quantitative estimate of drug-likeness (QED) is 0.785. The molecule has 28 heavy (non-hydrogen) atoms. The second-order valence-corrected chi connectivity index (χ2v) is 9.27. The monoisotopic (exact) mass is 384 g/mol. The van der Waals surface area contributed by atoms with Gasteiger partial charge in [0.05, 0.1) is 5.92 Å². The van der Waals surface area contributed by atoms with Crippen LogP contribution in [0.5, 0.6) is 0 Å². The molecule has 1 saturated carbocycles. The molecule has 0 bridgehead atoms. The van der Waals surface area contributed by atoms with Gasteiger partial charge in [-0.15, -0.1) is 0 Å². The van der Waals surface area contributed by atoms with Gasteiger partial charge in [0, 0.05) is 38.1 Å². The van der Waals surface area contributed by atoms with Crippen molar-refractivity contribution in [3.63, 3.8) is 0 Å². The van der Waals surface area contributed by atoms with Crippen LogP contribution < -0.4 is 5.32 Å². The van der Waals surface area contributed by atoms with E-state index in [2.05, 4.69) is 33.1 Å². The van der Waals surface area contributed by atoms with Gasteiger partial charge in [0.1, 0.15) is 0 Å². The number of hydrogen-bond donors (Lipinski definition) is 1. The van der Waals surface area contributed by atoms with Gasteiger partial charge >= 0.3 is 0 Å². The molecule has 4 rings (SSSR count). The van der Waals surface area contributed by atoms with E-state index >= 15 is 0 Å². The normalized spacial score (nSPS) is 26.1. The first-order valence-corrected chi connectivity index (χ1v) is 11.3. The number of pyridine rings is 1. The molecule has 2 saturated heterocycles. The Morgan fingerprint density at radius 1 is 1.25 bits per heavy atom. The van der Waals surface area contributed by atoms with E-state index in [-0.39, 0.29) is 5.92 Å². The van der Waals surface area contributed by atoms with Crippen molar-refractivity contribution in [2.75, 3.05) is 32.7 Å². The van der Waals surface area contributed by atoms with Gasteiger partial charge in [0.25, 0.3) is 0 Å². The van der Waals surface area contributed by atoms with Crippen LogP contribution >= 0.6 is 0 Å². The molecule has 5 nitrogen and oxygen atoms in total. The summed E-state index contributed by atoms with van der Waals surface area (Å²) in [5.74, 6) is 0.494. The number of aromatic nitrogens is 1. The molecule has 0 radical (unpaired) electrons. The van der Waals surface area contributed by atoms with Crippen molar-refractivity contribution in [3.8, 4) is 0 Å². The van der Waals surface area contributed by atoms with E-state index in [1.807, 2.05) is 18.5 Å². The number of nitrogens with zero attached hydrogens (tertiary/aromatic N) is 3. The molecule has 1 aromatic heterocycles. The van der Waals surface area contributed by atoms with Crippen LogP contribution in [-0.2, 0) is 11.3 Å². The van der Waals surface area contributed by atoms with E-state index in [9.17, 15) is 4.79 Å². The lowest BCUT2D eigenvalue weighted by Crippen LogP contribution is -2.51. The minimum atomic E-state index is 0.190. The van der Waals surface area contributed by atoms with Crippen LogP contribution in [0.1, 0.15) is 57.4 Å². The second kappa shape index (κ2) is 8.91. The van der Waals surface area contributed by atoms with Crippen molar-refractivity contribution in [2.45, 2.75) is 64.5 Å². The molecule has 0 aromatic carbocycles. The number of likely N-dealkylation sites (tertiary alicyclic amines) is 2. The molecular weight excluding hydrogens is 348 g/mol. The first-order valence-electron chi connectivity index (χ1n) is 11.3. The summed E-state index contributed by atoms with van der Waals surface area (Å²) in [6, 6.07) is 4.83. The Kier molecular flexibility index (Phi) is 6.32. The van der Waals surface area contributed by atoms with Crippen LogP contribution in [0.4, 0.5) is 0 Å². The lowest BCUT2D eigenvalue weighted by Gasteiger charge is -2.42.